The van der Waals surface area contributed by atoms with Crippen LogP contribution in [0.2, 0.25) is 5.02 Å². The molecule has 1 saturated carbocycles. The summed E-state index contributed by atoms with van der Waals surface area (Å²) < 4.78 is 1.63. The molecule has 1 aromatic carbocycles. The Morgan fingerprint density at radius 3 is 2.85 bits per heavy atom. The highest BCUT2D eigenvalue weighted by atomic mass is 35.5. The monoisotopic (exact) mass is 394 g/mol. The van der Waals surface area contributed by atoms with E-state index in [0.717, 1.165) is 12.8 Å². The number of aliphatic hydroxyl groups excluding tert-OH is 1. The van der Waals surface area contributed by atoms with Gasteiger partial charge in [-0.05, 0) is 31.0 Å². The molecule has 2 amide bonds. The van der Waals surface area contributed by atoms with E-state index < -0.39 is 0 Å². The van der Waals surface area contributed by atoms with E-state index in [0.29, 0.717) is 21.6 Å². The second kappa shape index (κ2) is 8.57. The normalized spacial score (nSPS) is 13.5. The summed E-state index contributed by atoms with van der Waals surface area (Å²) in [5.41, 5.74) is 1.15. The first kappa shape index (κ1) is 18.8. The largest absolute Gasteiger partial charge is 0.390 e. The van der Waals surface area contributed by atoms with Gasteiger partial charge in [-0.25, -0.2) is 4.98 Å². The van der Waals surface area contributed by atoms with E-state index in [9.17, 15) is 14.7 Å². The molecule has 3 rings (SSSR count). The molecule has 0 aliphatic heterocycles. The number of carbonyl (C=O) groups is 2. The summed E-state index contributed by atoms with van der Waals surface area (Å²) in [6.45, 7) is -0.149. The topological polar surface area (TPSA) is 96.2 Å². The second-order valence-corrected chi connectivity index (χ2v) is 7.34. The van der Waals surface area contributed by atoms with Crippen LogP contribution in [0.3, 0.4) is 0 Å². The molecule has 1 heterocycles. The van der Waals surface area contributed by atoms with Crippen molar-refractivity contribution in [1.29, 1.82) is 0 Å². The van der Waals surface area contributed by atoms with Crippen molar-refractivity contribution in [2.45, 2.75) is 37.2 Å². The lowest BCUT2D eigenvalue weighted by Crippen LogP contribution is -2.30. The van der Waals surface area contributed by atoms with Crippen LogP contribution in [0, 0.1) is 0 Å². The van der Waals surface area contributed by atoms with E-state index in [1.807, 2.05) is 0 Å². The number of thioether (sulfide) groups is 1. The quantitative estimate of drug-likeness (QED) is 0.595. The Morgan fingerprint density at radius 2 is 2.15 bits per heavy atom. The molecule has 1 fully saturated rings. The molecule has 1 aromatic heterocycles. The Morgan fingerprint density at radius 1 is 1.35 bits per heavy atom. The van der Waals surface area contributed by atoms with Crippen molar-refractivity contribution in [3.8, 4) is 0 Å². The molecule has 0 unspecified atom stereocenters. The Kier molecular flexibility index (Phi) is 6.18. The van der Waals surface area contributed by atoms with Crippen molar-refractivity contribution in [3.05, 3.63) is 41.2 Å². The van der Waals surface area contributed by atoms with Crippen LogP contribution in [0.4, 0.5) is 5.69 Å². The maximum atomic E-state index is 12.1. The lowest BCUT2D eigenvalue weighted by atomic mass is 10.3. The number of halogens is 1. The van der Waals surface area contributed by atoms with Gasteiger partial charge >= 0.3 is 0 Å². The first-order valence-corrected chi connectivity index (χ1v) is 9.54. The zero-order valence-corrected chi connectivity index (χ0v) is 15.5. The first-order chi connectivity index (χ1) is 12.5. The number of benzene rings is 1. The maximum Gasteiger partial charge on any atom is 0.240 e. The molecular weight excluding hydrogens is 376 g/mol. The highest BCUT2D eigenvalue weighted by Gasteiger charge is 2.24. The predicted octanol–water partition coefficient (Wildman–Crippen LogP) is 2.04. The van der Waals surface area contributed by atoms with Gasteiger partial charge in [0.25, 0.3) is 0 Å². The average molecular weight is 395 g/mol. The number of hydrogen-bond donors (Lipinski definition) is 3. The van der Waals surface area contributed by atoms with Crippen molar-refractivity contribution in [2.75, 3.05) is 11.1 Å². The molecule has 0 saturated heterocycles. The Balaban J connectivity index is 1.59. The molecule has 1 aliphatic rings. The number of amides is 2. The number of nitrogens with zero attached hydrogens (tertiary/aromatic N) is 2. The Labute approximate surface area is 160 Å². The van der Waals surface area contributed by atoms with Crippen LogP contribution in [-0.4, -0.2) is 38.3 Å². The first-order valence-electron chi connectivity index (χ1n) is 8.18. The van der Waals surface area contributed by atoms with Crippen molar-refractivity contribution >= 4 is 40.9 Å². The lowest BCUT2D eigenvalue weighted by molar-refractivity contribution is -0.122. The average Bonchev–Trinajstić information content (AvgIpc) is 3.32. The van der Waals surface area contributed by atoms with E-state index >= 15 is 0 Å². The van der Waals surface area contributed by atoms with Gasteiger partial charge in [-0.2, -0.15) is 0 Å². The third-order valence-corrected chi connectivity index (χ3v) is 4.97. The van der Waals surface area contributed by atoms with Crippen LogP contribution in [0.25, 0.3) is 0 Å². The van der Waals surface area contributed by atoms with Crippen molar-refractivity contribution in [1.82, 2.24) is 14.9 Å². The van der Waals surface area contributed by atoms with Crippen LogP contribution in [-0.2, 0) is 22.7 Å². The van der Waals surface area contributed by atoms with E-state index in [1.54, 1.807) is 28.8 Å². The Hall–Kier alpha value is -2.03. The van der Waals surface area contributed by atoms with Gasteiger partial charge in [0.15, 0.2) is 5.16 Å². The van der Waals surface area contributed by atoms with Gasteiger partial charge in [-0.1, -0.05) is 29.4 Å². The number of carbonyl (C=O) groups excluding carboxylic acids is 2. The summed E-state index contributed by atoms with van der Waals surface area (Å²) in [6.07, 6.45) is 3.53. The fraction of sp³-hybridized carbons (Fsp3) is 0.353. The zero-order chi connectivity index (χ0) is 18.5. The van der Waals surface area contributed by atoms with Crippen LogP contribution in [0.15, 0.2) is 35.6 Å². The number of hydrogen-bond acceptors (Lipinski definition) is 5. The van der Waals surface area contributed by atoms with Crippen LogP contribution < -0.4 is 10.6 Å². The van der Waals surface area contributed by atoms with Crippen molar-refractivity contribution < 1.29 is 14.7 Å². The number of anilines is 1. The van der Waals surface area contributed by atoms with Gasteiger partial charge in [0.1, 0.15) is 6.54 Å². The van der Waals surface area contributed by atoms with E-state index in [2.05, 4.69) is 15.6 Å². The number of aromatic nitrogens is 2. The molecule has 2 aromatic rings. The van der Waals surface area contributed by atoms with Gasteiger partial charge in [-0.3, -0.25) is 9.59 Å². The van der Waals surface area contributed by atoms with E-state index in [4.69, 9.17) is 11.6 Å². The fourth-order valence-electron chi connectivity index (χ4n) is 2.34. The lowest BCUT2D eigenvalue weighted by Gasteiger charge is -2.11. The van der Waals surface area contributed by atoms with Crippen LogP contribution in [0.1, 0.15) is 18.5 Å². The summed E-state index contributed by atoms with van der Waals surface area (Å²) in [4.78, 5) is 28.4. The minimum Gasteiger partial charge on any atom is -0.390 e. The predicted molar refractivity (Wildman–Crippen MR) is 100 cm³/mol. The van der Waals surface area contributed by atoms with E-state index in [-0.39, 0.29) is 36.8 Å². The third kappa shape index (κ3) is 5.23. The molecule has 3 N–H and O–H groups in total. The summed E-state index contributed by atoms with van der Waals surface area (Å²) in [5, 5.41) is 16.2. The van der Waals surface area contributed by atoms with Gasteiger partial charge in [0.05, 0.1) is 24.3 Å². The van der Waals surface area contributed by atoms with Gasteiger partial charge in [-0.15, -0.1) is 0 Å². The summed E-state index contributed by atoms with van der Waals surface area (Å²) in [5.74, 6) is -0.205. The smallest absolute Gasteiger partial charge is 0.240 e. The summed E-state index contributed by atoms with van der Waals surface area (Å²) in [6, 6.07) is 7.16. The molecule has 138 valence electrons. The van der Waals surface area contributed by atoms with Gasteiger partial charge in [0, 0.05) is 16.8 Å². The molecule has 0 spiro atoms. The van der Waals surface area contributed by atoms with Gasteiger partial charge < -0.3 is 20.3 Å². The SMILES string of the molecule is O=C(CSc1ncc(CO)n1CC(=O)NC1CC1)Nc1cccc(Cl)c1. The molecule has 0 bridgehead atoms. The molecule has 9 heteroatoms. The molecule has 0 atom stereocenters. The number of imidazole rings is 1. The summed E-state index contributed by atoms with van der Waals surface area (Å²) in [7, 11) is 0. The van der Waals surface area contributed by atoms with Gasteiger partial charge in [0.2, 0.25) is 11.8 Å². The standard InChI is InChI=1S/C17H19ClN4O3S/c18-11-2-1-3-13(6-11)21-16(25)10-26-17-19-7-14(9-23)22(17)8-15(24)20-12-4-5-12/h1-3,6-7,12,23H,4-5,8-10H2,(H,20,24)(H,21,25). The summed E-state index contributed by atoms with van der Waals surface area (Å²) >= 11 is 7.11. The molecule has 0 radical (unpaired) electrons. The number of rotatable bonds is 8. The highest BCUT2D eigenvalue weighted by Crippen LogP contribution is 2.21. The molecule has 26 heavy (non-hydrogen) atoms. The van der Waals surface area contributed by atoms with Crippen molar-refractivity contribution in [3.63, 3.8) is 0 Å². The third-order valence-electron chi connectivity index (χ3n) is 3.75. The van der Waals surface area contributed by atoms with Crippen molar-refractivity contribution in [2.24, 2.45) is 0 Å². The van der Waals surface area contributed by atoms with Crippen LogP contribution >= 0.6 is 23.4 Å². The Bertz CT molecular complexity index is 807. The maximum absolute atomic E-state index is 12.1. The van der Waals surface area contributed by atoms with Crippen LogP contribution in [0.5, 0.6) is 0 Å². The second-order valence-electron chi connectivity index (χ2n) is 5.97. The number of aliphatic hydroxyl groups is 1. The minimum atomic E-state index is -0.223. The fourth-order valence-corrected chi connectivity index (χ4v) is 3.33. The molecule has 1 aliphatic carbocycles. The number of nitrogens with one attached hydrogen (secondary N) is 2. The van der Waals surface area contributed by atoms with E-state index in [1.165, 1.54) is 18.0 Å². The zero-order valence-electron chi connectivity index (χ0n) is 13.9. The molecule has 7 nitrogen and oxygen atoms in total. The molecular formula is C17H19ClN4O3S. The highest BCUT2D eigenvalue weighted by molar-refractivity contribution is 7.99. The minimum absolute atomic E-state index is 0.0740.